The van der Waals surface area contributed by atoms with Gasteiger partial charge in [0.2, 0.25) is 0 Å². The van der Waals surface area contributed by atoms with E-state index >= 15 is 0 Å². The Morgan fingerprint density at radius 3 is 2.24 bits per heavy atom. The van der Waals surface area contributed by atoms with Crippen molar-refractivity contribution >= 4 is 11.8 Å². The lowest BCUT2D eigenvalue weighted by atomic mass is 10.1. The summed E-state index contributed by atoms with van der Waals surface area (Å²) in [5.74, 6) is 0.559. The van der Waals surface area contributed by atoms with Gasteiger partial charge >= 0.3 is 0 Å². The van der Waals surface area contributed by atoms with E-state index in [0.29, 0.717) is 17.7 Å². The van der Waals surface area contributed by atoms with Gasteiger partial charge in [0.25, 0.3) is 11.8 Å². The molecule has 0 unspecified atom stereocenters. The highest BCUT2D eigenvalue weighted by Gasteiger charge is 2.16. The highest BCUT2D eigenvalue weighted by Crippen LogP contribution is 2.18. The van der Waals surface area contributed by atoms with Gasteiger partial charge in [-0.05, 0) is 55.2 Å². The molecule has 3 rings (SSSR count). The second kappa shape index (κ2) is 10.6. The monoisotopic (exact) mass is 394 g/mol. The first-order valence-electron chi connectivity index (χ1n) is 10.5. The third-order valence-corrected chi connectivity index (χ3v) is 5.44. The molecule has 0 spiro atoms. The van der Waals surface area contributed by atoms with Crippen LogP contribution in [-0.2, 0) is 6.42 Å². The van der Waals surface area contributed by atoms with Crippen molar-refractivity contribution in [1.82, 2.24) is 10.6 Å². The molecule has 5 heteroatoms. The molecule has 1 aliphatic rings. The summed E-state index contributed by atoms with van der Waals surface area (Å²) in [5.41, 5.74) is 2.17. The van der Waals surface area contributed by atoms with Crippen LogP contribution in [0.3, 0.4) is 0 Å². The van der Waals surface area contributed by atoms with E-state index in [-0.39, 0.29) is 17.9 Å². The van der Waals surface area contributed by atoms with Crippen molar-refractivity contribution in [3.8, 4) is 5.75 Å². The van der Waals surface area contributed by atoms with Crippen LogP contribution in [0.2, 0.25) is 0 Å². The Morgan fingerprint density at radius 2 is 1.59 bits per heavy atom. The van der Waals surface area contributed by atoms with Crippen molar-refractivity contribution in [2.45, 2.75) is 51.0 Å². The number of hydrogen-bond acceptors (Lipinski definition) is 3. The van der Waals surface area contributed by atoms with E-state index in [1.807, 2.05) is 24.3 Å². The molecule has 0 aromatic heterocycles. The van der Waals surface area contributed by atoms with E-state index < -0.39 is 0 Å². The van der Waals surface area contributed by atoms with E-state index in [0.717, 1.165) is 30.6 Å². The molecule has 0 atom stereocenters. The summed E-state index contributed by atoms with van der Waals surface area (Å²) in [6, 6.07) is 15.0. The van der Waals surface area contributed by atoms with Crippen LogP contribution in [0.5, 0.6) is 5.75 Å². The molecule has 2 aromatic carbocycles. The second-order valence-electron chi connectivity index (χ2n) is 7.60. The average Bonchev–Trinajstić information content (AvgIpc) is 3.03. The number of carbonyl (C=O) groups is 2. The number of ether oxygens (including phenoxy) is 1. The zero-order valence-corrected chi connectivity index (χ0v) is 17.1. The van der Waals surface area contributed by atoms with Gasteiger partial charge < -0.3 is 15.4 Å². The molecule has 1 aliphatic carbocycles. The normalized spacial score (nSPS) is 14.7. The highest BCUT2D eigenvalue weighted by atomic mass is 16.5. The van der Waals surface area contributed by atoms with Crippen molar-refractivity contribution < 1.29 is 14.3 Å². The first kappa shape index (κ1) is 20.9. The van der Waals surface area contributed by atoms with Crippen LogP contribution >= 0.6 is 0 Å². The minimum absolute atomic E-state index is 0.0928. The van der Waals surface area contributed by atoms with Gasteiger partial charge in [0.1, 0.15) is 5.75 Å². The summed E-state index contributed by atoms with van der Waals surface area (Å²) in [6.45, 7) is 0.531. The standard InChI is InChI=1S/C24H30N2O3/c1-29-22-13-11-18(12-14-22)15-16-25-23(27)19-7-6-8-20(17-19)24(28)26-21-9-4-2-3-5-10-21/h6-8,11-14,17,21H,2-5,9-10,15-16H2,1H3,(H,25,27)(H,26,28). The Labute approximate surface area is 172 Å². The zero-order valence-electron chi connectivity index (χ0n) is 17.1. The number of amides is 2. The lowest BCUT2D eigenvalue weighted by Gasteiger charge is -2.16. The molecule has 154 valence electrons. The molecule has 29 heavy (non-hydrogen) atoms. The van der Waals surface area contributed by atoms with Crippen LogP contribution in [0.1, 0.15) is 64.8 Å². The van der Waals surface area contributed by atoms with Crippen molar-refractivity contribution in [1.29, 1.82) is 0 Å². The zero-order chi connectivity index (χ0) is 20.5. The second-order valence-corrected chi connectivity index (χ2v) is 7.60. The molecule has 5 nitrogen and oxygen atoms in total. The summed E-state index contributed by atoms with van der Waals surface area (Å²) in [7, 11) is 1.64. The van der Waals surface area contributed by atoms with E-state index in [9.17, 15) is 9.59 Å². The molecule has 1 fully saturated rings. The number of nitrogens with one attached hydrogen (secondary N) is 2. The summed E-state index contributed by atoms with van der Waals surface area (Å²) in [6.07, 6.45) is 7.65. The lowest BCUT2D eigenvalue weighted by Crippen LogP contribution is -2.34. The third-order valence-electron chi connectivity index (χ3n) is 5.44. The highest BCUT2D eigenvalue weighted by molar-refractivity contribution is 5.99. The Kier molecular flexibility index (Phi) is 7.68. The molecule has 0 aliphatic heterocycles. The summed E-state index contributed by atoms with van der Waals surface area (Å²) < 4.78 is 5.15. The molecular formula is C24H30N2O3. The van der Waals surface area contributed by atoms with Crippen LogP contribution in [0.25, 0.3) is 0 Å². The van der Waals surface area contributed by atoms with Gasteiger partial charge in [0, 0.05) is 23.7 Å². The third kappa shape index (κ3) is 6.34. The predicted molar refractivity (Wildman–Crippen MR) is 114 cm³/mol. The van der Waals surface area contributed by atoms with Gasteiger partial charge in [-0.2, -0.15) is 0 Å². The number of hydrogen-bond donors (Lipinski definition) is 2. The maximum atomic E-state index is 12.6. The van der Waals surface area contributed by atoms with Crippen molar-refractivity contribution in [2.24, 2.45) is 0 Å². The molecule has 2 N–H and O–H groups in total. The lowest BCUT2D eigenvalue weighted by molar-refractivity contribution is 0.0933. The summed E-state index contributed by atoms with van der Waals surface area (Å²) in [5, 5.41) is 6.06. The molecule has 0 radical (unpaired) electrons. The minimum Gasteiger partial charge on any atom is -0.497 e. The van der Waals surface area contributed by atoms with Crippen molar-refractivity contribution in [2.75, 3.05) is 13.7 Å². The Hall–Kier alpha value is -2.82. The molecule has 0 heterocycles. The van der Waals surface area contributed by atoms with E-state index in [2.05, 4.69) is 10.6 Å². The topological polar surface area (TPSA) is 67.4 Å². The average molecular weight is 395 g/mol. The smallest absolute Gasteiger partial charge is 0.251 e. The fourth-order valence-electron chi connectivity index (χ4n) is 3.71. The maximum absolute atomic E-state index is 12.6. The predicted octanol–water partition coefficient (Wildman–Crippen LogP) is 4.12. The van der Waals surface area contributed by atoms with Gasteiger partial charge in [0.15, 0.2) is 0 Å². The van der Waals surface area contributed by atoms with Gasteiger partial charge in [-0.25, -0.2) is 0 Å². The van der Waals surface area contributed by atoms with Crippen LogP contribution in [0.4, 0.5) is 0 Å². The van der Waals surface area contributed by atoms with Gasteiger partial charge in [0.05, 0.1) is 7.11 Å². The largest absolute Gasteiger partial charge is 0.497 e. The van der Waals surface area contributed by atoms with Gasteiger partial charge in [-0.15, -0.1) is 0 Å². The summed E-state index contributed by atoms with van der Waals surface area (Å²) in [4.78, 5) is 25.1. The Balaban J connectivity index is 1.52. The van der Waals surface area contributed by atoms with Crippen LogP contribution in [0.15, 0.2) is 48.5 Å². The SMILES string of the molecule is COc1ccc(CCNC(=O)c2cccc(C(=O)NC3CCCCCC3)c2)cc1. The van der Waals surface area contributed by atoms with Crippen LogP contribution in [0, 0.1) is 0 Å². The Bertz CT molecular complexity index is 809. The van der Waals surface area contributed by atoms with Crippen LogP contribution in [-0.4, -0.2) is 31.5 Å². The number of methoxy groups -OCH3 is 1. The quantitative estimate of drug-likeness (QED) is 0.694. The van der Waals surface area contributed by atoms with E-state index in [1.165, 1.54) is 25.7 Å². The Morgan fingerprint density at radius 1 is 0.931 bits per heavy atom. The fourth-order valence-corrected chi connectivity index (χ4v) is 3.71. The minimum atomic E-state index is -0.164. The summed E-state index contributed by atoms with van der Waals surface area (Å²) >= 11 is 0. The van der Waals surface area contributed by atoms with E-state index in [4.69, 9.17) is 4.74 Å². The van der Waals surface area contributed by atoms with Gasteiger partial charge in [-0.3, -0.25) is 9.59 Å². The molecule has 1 saturated carbocycles. The first-order chi connectivity index (χ1) is 14.2. The van der Waals surface area contributed by atoms with E-state index in [1.54, 1.807) is 31.4 Å². The van der Waals surface area contributed by atoms with Crippen molar-refractivity contribution in [3.05, 3.63) is 65.2 Å². The van der Waals surface area contributed by atoms with Crippen molar-refractivity contribution in [3.63, 3.8) is 0 Å². The molecule has 2 amide bonds. The van der Waals surface area contributed by atoms with Crippen LogP contribution < -0.4 is 15.4 Å². The number of rotatable bonds is 7. The van der Waals surface area contributed by atoms with Gasteiger partial charge in [-0.1, -0.05) is 43.9 Å². The maximum Gasteiger partial charge on any atom is 0.251 e. The number of carbonyl (C=O) groups excluding carboxylic acids is 2. The fraction of sp³-hybridized carbons (Fsp3) is 0.417. The molecular weight excluding hydrogens is 364 g/mol. The molecule has 0 saturated heterocycles. The molecule has 2 aromatic rings. The number of benzene rings is 2. The first-order valence-corrected chi connectivity index (χ1v) is 10.5. The molecule has 0 bridgehead atoms.